The lowest BCUT2D eigenvalue weighted by molar-refractivity contribution is -0.142. The molecule has 7 nitrogen and oxygen atoms in total. The van der Waals surface area contributed by atoms with Crippen molar-refractivity contribution in [2.75, 3.05) is 52.9 Å². The number of likely N-dealkylation sites (N-methyl/N-ethyl adjacent to an activating group) is 1. The van der Waals surface area contributed by atoms with Gasteiger partial charge in [0.25, 0.3) is 0 Å². The van der Waals surface area contributed by atoms with Crippen molar-refractivity contribution in [1.29, 1.82) is 5.26 Å². The average molecular weight is 418 g/mol. The van der Waals surface area contributed by atoms with E-state index in [2.05, 4.69) is 22.8 Å². The lowest BCUT2D eigenvalue weighted by Crippen LogP contribution is -2.59. The zero-order valence-corrected chi connectivity index (χ0v) is 19.1. The van der Waals surface area contributed by atoms with Gasteiger partial charge in [-0.3, -0.25) is 19.4 Å². The number of piperidine rings is 1. The fourth-order valence-electron chi connectivity index (χ4n) is 5.15. The molecule has 0 aromatic heterocycles. The molecule has 0 aromatic rings. The van der Waals surface area contributed by atoms with Gasteiger partial charge in [-0.1, -0.05) is 6.92 Å². The molecule has 30 heavy (non-hydrogen) atoms. The zero-order valence-electron chi connectivity index (χ0n) is 19.1. The molecule has 2 heterocycles. The highest BCUT2D eigenvalue weighted by atomic mass is 16.2. The Morgan fingerprint density at radius 1 is 1.07 bits per heavy atom. The number of hydrogen-bond donors (Lipinski definition) is 0. The van der Waals surface area contributed by atoms with Crippen molar-refractivity contribution in [3.8, 4) is 6.07 Å². The number of rotatable bonds is 5. The van der Waals surface area contributed by atoms with Gasteiger partial charge in [-0.2, -0.15) is 5.26 Å². The molecular weight excluding hydrogens is 378 g/mol. The molecule has 2 aliphatic heterocycles. The summed E-state index contributed by atoms with van der Waals surface area (Å²) in [6, 6.07) is 2.24. The summed E-state index contributed by atoms with van der Waals surface area (Å²) < 4.78 is 0. The van der Waals surface area contributed by atoms with Gasteiger partial charge in [0, 0.05) is 46.3 Å². The van der Waals surface area contributed by atoms with Crippen molar-refractivity contribution >= 4 is 11.8 Å². The second-order valence-electron chi connectivity index (χ2n) is 9.65. The molecule has 0 aromatic carbocycles. The molecule has 3 aliphatic rings. The van der Waals surface area contributed by atoms with Crippen LogP contribution < -0.4 is 0 Å². The van der Waals surface area contributed by atoms with Crippen LogP contribution in [0.15, 0.2) is 0 Å². The lowest BCUT2D eigenvalue weighted by Gasteiger charge is -2.44. The maximum atomic E-state index is 13.2. The Morgan fingerprint density at radius 3 is 2.23 bits per heavy atom. The van der Waals surface area contributed by atoms with Gasteiger partial charge < -0.3 is 9.80 Å². The van der Waals surface area contributed by atoms with Crippen LogP contribution in [0.4, 0.5) is 0 Å². The van der Waals surface area contributed by atoms with Gasteiger partial charge in [0.1, 0.15) is 5.54 Å². The molecule has 168 valence electrons. The smallest absolute Gasteiger partial charge is 0.240 e. The molecule has 1 unspecified atom stereocenters. The first-order valence-corrected chi connectivity index (χ1v) is 11.8. The van der Waals surface area contributed by atoms with E-state index in [9.17, 15) is 14.9 Å². The molecule has 1 saturated carbocycles. The fourth-order valence-corrected chi connectivity index (χ4v) is 5.15. The van der Waals surface area contributed by atoms with Crippen LogP contribution in [-0.4, -0.2) is 95.9 Å². The topological polar surface area (TPSA) is 70.9 Å². The highest BCUT2D eigenvalue weighted by Crippen LogP contribution is 2.36. The van der Waals surface area contributed by atoms with E-state index in [0.29, 0.717) is 12.5 Å². The number of hydrogen-bond acceptors (Lipinski definition) is 5. The molecule has 1 atom stereocenters. The molecule has 0 radical (unpaired) electrons. The number of amides is 2. The van der Waals surface area contributed by atoms with Crippen LogP contribution in [-0.2, 0) is 9.59 Å². The quantitative estimate of drug-likeness (QED) is 0.684. The summed E-state index contributed by atoms with van der Waals surface area (Å²) in [5, 5.41) is 9.87. The lowest BCUT2D eigenvalue weighted by atomic mass is 9.77. The van der Waals surface area contributed by atoms with Crippen LogP contribution in [0.1, 0.15) is 58.8 Å². The molecule has 2 saturated heterocycles. The molecular formula is C23H39N5O2. The average Bonchev–Trinajstić information content (AvgIpc) is 2.79. The number of piperazine rings is 1. The van der Waals surface area contributed by atoms with Gasteiger partial charge in [-0.15, -0.1) is 0 Å². The van der Waals surface area contributed by atoms with E-state index >= 15 is 0 Å². The predicted octanol–water partition coefficient (Wildman–Crippen LogP) is 1.94. The highest BCUT2D eigenvalue weighted by Gasteiger charge is 2.42. The molecule has 1 aliphatic carbocycles. The van der Waals surface area contributed by atoms with Crippen LogP contribution in [0.25, 0.3) is 0 Å². The van der Waals surface area contributed by atoms with E-state index in [1.807, 2.05) is 18.9 Å². The molecule has 0 spiro atoms. The van der Waals surface area contributed by atoms with Crippen LogP contribution in [0, 0.1) is 17.2 Å². The van der Waals surface area contributed by atoms with Gasteiger partial charge in [-0.25, -0.2) is 0 Å². The Bertz CT molecular complexity index is 638. The van der Waals surface area contributed by atoms with Crippen molar-refractivity contribution in [1.82, 2.24) is 19.6 Å². The summed E-state index contributed by atoms with van der Waals surface area (Å²) in [4.78, 5) is 33.9. The van der Waals surface area contributed by atoms with E-state index in [-0.39, 0.29) is 17.9 Å². The molecule has 7 heteroatoms. The van der Waals surface area contributed by atoms with E-state index in [1.54, 1.807) is 4.90 Å². The number of carbonyl (C=O) groups is 2. The van der Waals surface area contributed by atoms with Crippen molar-refractivity contribution in [2.24, 2.45) is 5.92 Å². The molecule has 3 rings (SSSR count). The van der Waals surface area contributed by atoms with Gasteiger partial charge >= 0.3 is 0 Å². The standard InChI is InChI=1S/C23H39N5O2/c1-19-7-9-23(18-24,10-8-19)25(3)22(30)20(2)27-15-13-26(14-16-27)17-21(29)28-11-5-4-6-12-28/h19-20H,4-17H2,1-3H3. The van der Waals surface area contributed by atoms with Gasteiger partial charge in [-0.05, 0) is 57.8 Å². The van der Waals surface area contributed by atoms with Crippen molar-refractivity contribution in [3.05, 3.63) is 0 Å². The maximum Gasteiger partial charge on any atom is 0.240 e. The van der Waals surface area contributed by atoms with E-state index in [1.165, 1.54) is 6.42 Å². The Morgan fingerprint density at radius 2 is 1.67 bits per heavy atom. The summed E-state index contributed by atoms with van der Waals surface area (Å²) in [7, 11) is 1.81. The molecule has 3 fully saturated rings. The first-order valence-electron chi connectivity index (χ1n) is 11.8. The van der Waals surface area contributed by atoms with E-state index < -0.39 is 5.54 Å². The Hall–Kier alpha value is -1.65. The van der Waals surface area contributed by atoms with Gasteiger partial charge in [0.15, 0.2) is 0 Å². The van der Waals surface area contributed by atoms with Crippen LogP contribution in [0.5, 0.6) is 0 Å². The van der Waals surface area contributed by atoms with Crippen LogP contribution >= 0.6 is 0 Å². The summed E-state index contributed by atoms with van der Waals surface area (Å²) >= 11 is 0. The zero-order chi connectivity index (χ0) is 21.7. The van der Waals surface area contributed by atoms with Gasteiger partial charge in [0.05, 0.1) is 18.7 Å². The van der Waals surface area contributed by atoms with E-state index in [4.69, 9.17) is 0 Å². The minimum Gasteiger partial charge on any atom is -0.342 e. The first-order chi connectivity index (χ1) is 14.4. The van der Waals surface area contributed by atoms with Crippen LogP contribution in [0.3, 0.4) is 0 Å². The Kier molecular flexibility index (Phi) is 7.75. The van der Waals surface area contributed by atoms with Crippen molar-refractivity contribution in [3.63, 3.8) is 0 Å². The number of likely N-dealkylation sites (tertiary alicyclic amines) is 1. The third-order valence-electron chi connectivity index (χ3n) is 7.66. The highest BCUT2D eigenvalue weighted by molar-refractivity contribution is 5.82. The summed E-state index contributed by atoms with van der Waals surface area (Å²) in [6.45, 7) is 9.65. The number of carbonyl (C=O) groups excluding carboxylic acids is 2. The maximum absolute atomic E-state index is 13.2. The largest absolute Gasteiger partial charge is 0.342 e. The Balaban J connectivity index is 1.49. The minimum absolute atomic E-state index is 0.0453. The van der Waals surface area contributed by atoms with Gasteiger partial charge in [0.2, 0.25) is 11.8 Å². The van der Waals surface area contributed by atoms with Crippen molar-refractivity contribution in [2.45, 2.75) is 70.4 Å². The first kappa shape index (κ1) is 23.0. The third-order valence-corrected chi connectivity index (χ3v) is 7.66. The van der Waals surface area contributed by atoms with Crippen LogP contribution in [0.2, 0.25) is 0 Å². The predicted molar refractivity (Wildman–Crippen MR) is 117 cm³/mol. The normalized spacial score (nSPS) is 29.8. The number of nitrogens with zero attached hydrogens (tertiary/aromatic N) is 5. The molecule has 0 N–H and O–H groups in total. The third kappa shape index (κ3) is 5.15. The summed E-state index contributed by atoms with van der Waals surface area (Å²) in [5.41, 5.74) is -0.652. The van der Waals surface area contributed by atoms with Crippen molar-refractivity contribution < 1.29 is 9.59 Å². The summed E-state index contributed by atoms with van der Waals surface area (Å²) in [6.07, 6.45) is 7.02. The molecule has 2 amide bonds. The number of nitriles is 1. The summed E-state index contributed by atoms with van der Waals surface area (Å²) in [5.74, 6) is 0.923. The fraction of sp³-hybridized carbons (Fsp3) is 0.870. The second-order valence-corrected chi connectivity index (χ2v) is 9.65. The monoisotopic (exact) mass is 417 g/mol. The SMILES string of the molecule is CC1CCC(C#N)(N(C)C(=O)C(C)N2CCN(CC(=O)N3CCCCC3)CC2)CC1. The Labute approximate surface area is 182 Å². The second kappa shape index (κ2) is 10.1. The minimum atomic E-state index is -0.652. The van der Waals surface area contributed by atoms with E-state index in [0.717, 1.165) is 77.8 Å². The molecule has 0 bridgehead atoms.